The van der Waals surface area contributed by atoms with Crippen molar-refractivity contribution in [2.45, 2.75) is 31.7 Å². The molecule has 0 spiro atoms. The Balaban J connectivity index is 1.87. The average Bonchev–Trinajstić information content (AvgIpc) is 2.71. The average molecular weight is 341 g/mol. The van der Waals surface area contributed by atoms with Crippen molar-refractivity contribution in [1.29, 1.82) is 0 Å². The second kappa shape index (κ2) is 5.18. The Labute approximate surface area is 131 Å². The summed E-state index contributed by atoms with van der Waals surface area (Å²) in [5, 5.41) is 0. The van der Waals surface area contributed by atoms with E-state index in [0.717, 1.165) is 11.1 Å². The Bertz CT molecular complexity index is 840. The van der Waals surface area contributed by atoms with Crippen LogP contribution in [0.1, 0.15) is 30.9 Å². The van der Waals surface area contributed by atoms with Gasteiger partial charge in [-0.15, -0.1) is 0 Å². The van der Waals surface area contributed by atoms with Crippen LogP contribution in [0, 0.1) is 0 Å². The summed E-state index contributed by atoms with van der Waals surface area (Å²) in [6.45, 7) is 1.66. The zero-order chi connectivity index (χ0) is 16.0. The first-order valence-corrected chi connectivity index (χ1v) is 10.5. The highest BCUT2D eigenvalue weighted by Gasteiger charge is 2.41. The second-order valence-electron chi connectivity index (χ2n) is 6.32. The zero-order valence-corrected chi connectivity index (χ0v) is 14.0. The molecule has 1 aromatic carbocycles. The smallest absolute Gasteiger partial charge is 0.229 e. The van der Waals surface area contributed by atoms with Crippen LogP contribution in [-0.2, 0) is 26.3 Å². The predicted molar refractivity (Wildman–Crippen MR) is 86.5 cm³/mol. The predicted octanol–water partition coefficient (Wildman–Crippen LogP) is 1.47. The third-order valence-electron chi connectivity index (χ3n) is 4.24. The number of hydrogen-bond acceptors (Lipinski definition) is 4. The monoisotopic (exact) mass is 341 g/mol. The van der Waals surface area contributed by atoms with Gasteiger partial charge in [0.1, 0.15) is 0 Å². The summed E-state index contributed by atoms with van der Waals surface area (Å²) in [5.74, 6) is -0.100. The molecule has 0 aromatic heterocycles. The first kappa shape index (κ1) is 15.7. The van der Waals surface area contributed by atoms with Crippen LogP contribution in [-0.4, -0.2) is 33.9 Å². The van der Waals surface area contributed by atoms with E-state index in [4.69, 9.17) is 0 Å². The van der Waals surface area contributed by atoms with Crippen molar-refractivity contribution in [3.05, 3.63) is 40.3 Å². The normalized spacial score (nSPS) is 27.2. The van der Waals surface area contributed by atoms with Crippen LogP contribution in [0.2, 0.25) is 0 Å². The van der Waals surface area contributed by atoms with Gasteiger partial charge in [0.05, 0.1) is 16.4 Å². The molecule has 3 rings (SSSR count). The fraction of sp³-hybridized carbons (Fsp3) is 0.467. The van der Waals surface area contributed by atoms with Crippen molar-refractivity contribution < 1.29 is 16.8 Å². The van der Waals surface area contributed by atoms with E-state index in [1.54, 1.807) is 13.0 Å². The van der Waals surface area contributed by atoms with Gasteiger partial charge in [0, 0.05) is 5.54 Å². The molecule has 1 atom stereocenters. The molecule has 2 aliphatic rings. The van der Waals surface area contributed by atoms with E-state index in [2.05, 4.69) is 4.72 Å². The van der Waals surface area contributed by atoms with Crippen LogP contribution in [0.4, 0.5) is 0 Å². The van der Waals surface area contributed by atoms with Crippen molar-refractivity contribution in [1.82, 2.24) is 4.72 Å². The highest BCUT2D eigenvalue weighted by Crippen LogP contribution is 2.30. The number of allylic oxidation sites excluding steroid dienone is 1. The Morgan fingerprint density at radius 3 is 2.59 bits per heavy atom. The molecule has 22 heavy (non-hydrogen) atoms. The molecule has 0 amide bonds. The summed E-state index contributed by atoms with van der Waals surface area (Å²) in [4.78, 5) is 0.330. The van der Waals surface area contributed by atoms with Gasteiger partial charge in [-0.3, -0.25) is 0 Å². The highest BCUT2D eigenvalue weighted by molar-refractivity contribution is 7.94. The molecule has 7 heteroatoms. The van der Waals surface area contributed by atoms with Gasteiger partial charge in [-0.1, -0.05) is 24.3 Å². The third-order valence-corrected chi connectivity index (χ3v) is 7.92. The lowest BCUT2D eigenvalue weighted by molar-refractivity contribution is 0.464. The Morgan fingerprint density at radius 1 is 1.18 bits per heavy atom. The standard InChI is InChI=1S/C15H19NO4S2/c1-15(8-9-21(17,18)11-15)16-22(19,20)14-7-6-12-4-2-3-5-13(12)10-14/h2-5,10,16H,6-9,11H2,1H3/t15-/m0/s1. The maximum atomic E-state index is 12.6. The van der Waals surface area contributed by atoms with Crippen LogP contribution in [0.15, 0.2) is 29.2 Å². The molecule has 1 fully saturated rings. The Hall–Kier alpha value is -1.18. The fourth-order valence-electron chi connectivity index (χ4n) is 3.10. The first-order valence-electron chi connectivity index (χ1n) is 7.22. The van der Waals surface area contributed by atoms with Gasteiger partial charge in [-0.2, -0.15) is 0 Å². The maximum absolute atomic E-state index is 12.6. The van der Waals surface area contributed by atoms with E-state index in [1.807, 2.05) is 24.3 Å². The summed E-state index contributed by atoms with van der Waals surface area (Å²) in [6, 6.07) is 7.71. The van der Waals surface area contributed by atoms with Gasteiger partial charge >= 0.3 is 0 Å². The molecule has 0 saturated carbocycles. The van der Waals surface area contributed by atoms with Crippen LogP contribution in [0.3, 0.4) is 0 Å². The number of hydrogen-bond donors (Lipinski definition) is 1. The largest absolute Gasteiger partial charge is 0.237 e. The summed E-state index contributed by atoms with van der Waals surface area (Å²) in [7, 11) is -6.82. The van der Waals surface area contributed by atoms with Gasteiger partial charge in [-0.25, -0.2) is 21.6 Å². The topological polar surface area (TPSA) is 80.3 Å². The van der Waals surface area contributed by atoms with Crippen LogP contribution in [0.5, 0.6) is 0 Å². The third kappa shape index (κ3) is 3.11. The minimum absolute atomic E-state index is 0.0356. The lowest BCUT2D eigenvalue weighted by atomic mass is 9.98. The zero-order valence-electron chi connectivity index (χ0n) is 12.4. The molecule has 1 aromatic rings. The number of fused-ring (bicyclic) bond motifs is 1. The van der Waals surface area contributed by atoms with Gasteiger partial charge in [0.15, 0.2) is 9.84 Å². The molecular formula is C15H19NO4S2. The summed E-state index contributed by atoms with van der Waals surface area (Å²) in [6.07, 6.45) is 3.12. The number of rotatable bonds is 3. The SMILES string of the molecule is C[C@]1(NS(=O)(=O)C2=Cc3ccccc3CC2)CCS(=O)(=O)C1. The van der Waals surface area contributed by atoms with E-state index >= 15 is 0 Å². The number of nitrogens with one attached hydrogen (secondary N) is 1. The van der Waals surface area contributed by atoms with E-state index in [1.165, 1.54) is 0 Å². The van der Waals surface area contributed by atoms with Gasteiger partial charge in [-0.05, 0) is 43.4 Å². The number of benzene rings is 1. The Morgan fingerprint density at radius 2 is 1.91 bits per heavy atom. The molecule has 1 aliphatic carbocycles. The second-order valence-corrected chi connectivity index (χ2v) is 10.2. The number of sulfonamides is 1. The van der Waals surface area contributed by atoms with Crippen LogP contribution in [0.25, 0.3) is 6.08 Å². The van der Waals surface area contributed by atoms with Crippen LogP contribution < -0.4 is 4.72 Å². The molecule has 1 N–H and O–H groups in total. The summed E-state index contributed by atoms with van der Waals surface area (Å²) in [5.41, 5.74) is 1.14. The highest BCUT2D eigenvalue weighted by atomic mass is 32.2. The minimum Gasteiger partial charge on any atom is -0.229 e. The van der Waals surface area contributed by atoms with Crippen LogP contribution >= 0.6 is 0 Å². The molecule has 1 aliphatic heterocycles. The van der Waals surface area contributed by atoms with E-state index in [-0.39, 0.29) is 11.5 Å². The molecule has 0 bridgehead atoms. The van der Waals surface area contributed by atoms with Gasteiger partial charge in [0.2, 0.25) is 10.0 Å². The molecule has 120 valence electrons. The van der Waals surface area contributed by atoms with Crippen molar-refractivity contribution in [3.63, 3.8) is 0 Å². The maximum Gasteiger partial charge on any atom is 0.237 e. The Kier molecular flexibility index (Phi) is 3.70. The molecule has 1 saturated heterocycles. The van der Waals surface area contributed by atoms with Gasteiger partial charge in [0.25, 0.3) is 0 Å². The van der Waals surface area contributed by atoms with Crippen molar-refractivity contribution in [2.24, 2.45) is 0 Å². The quantitative estimate of drug-likeness (QED) is 0.903. The lowest BCUT2D eigenvalue weighted by Gasteiger charge is -2.25. The van der Waals surface area contributed by atoms with E-state index in [0.29, 0.717) is 24.2 Å². The first-order chi connectivity index (χ1) is 10.2. The molecule has 0 radical (unpaired) electrons. The number of aryl methyl sites for hydroxylation is 1. The molecule has 1 heterocycles. The lowest BCUT2D eigenvalue weighted by Crippen LogP contribution is -2.47. The summed E-state index contributed by atoms with van der Waals surface area (Å²) < 4.78 is 51.0. The fourth-order valence-corrected chi connectivity index (χ4v) is 6.89. The van der Waals surface area contributed by atoms with Gasteiger partial charge < -0.3 is 0 Å². The van der Waals surface area contributed by atoms with Crippen molar-refractivity contribution in [2.75, 3.05) is 11.5 Å². The van der Waals surface area contributed by atoms with Crippen molar-refractivity contribution >= 4 is 25.9 Å². The molecule has 0 unspecified atom stereocenters. The minimum atomic E-state index is -3.67. The van der Waals surface area contributed by atoms with E-state index < -0.39 is 25.4 Å². The summed E-state index contributed by atoms with van der Waals surface area (Å²) >= 11 is 0. The van der Waals surface area contributed by atoms with Crippen molar-refractivity contribution in [3.8, 4) is 0 Å². The molecule has 5 nitrogen and oxygen atoms in total. The van der Waals surface area contributed by atoms with E-state index in [9.17, 15) is 16.8 Å². The number of sulfone groups is 1. The molecular weight excluding hydrogens is 322 g/mol.